The van der Waals surface area contributed by atoms with Gasteiger partial charge >= 0.3 is 0 Å². The smallest absolute Gasteiger partial charge is 0.0755 e. The summed E-state index contributed by atoms with van der Waals surface area (Å²) in [6.45, 7) is 2.41. The van der Waals surface area contributed by atoms with E-state index in [0.29, 0.717) is 0 Å². The van der Waals surface area contributed by atoms with Crippen molar-refractivity contribution >= 4 is 65.6 Å². The lowest BCUT2D eigenvalue weighted by Gasteiger charge is -2.45. The molecule has 0 bridgehead atoms. The van der Waals surface area contributed by atoms with E-state index < -0.39 is 5.41 Å². The molecule has 0 saturated carbocycles. The van der Waals surface area contributed by atoms with Crippen molar-refractivity contribution in [2.45, 2.75) is 17.8 Å². The maximum absolute atomic E-state index is 2.52. The third-order valence-electron chi connectivity index (χ3n) is 16.1. The van der Waals surface area contributed by atoms with Gasteiger partial charge in [-0.1, -0.05) is 194 Å². The van der Waals surface area contributed by atoms with Gasteiger partial charge in [0.25, 0.3) is 0 Å². The molecular weight excluding hydrogens is 889 g/mol. The van der Waals surface area contributed by atoms with E-state index in [9.17, 15) is 0 Å². The number of thiophene rings is 1. The topological polar surface area (TPSA) is 6.48 Å². The minimum atomic E-state index is -0.593. The van der Waals surface area contributed by atoms with Crippen LogP contribution in [-0.2, 0) is 10.8 Å². The number of fused-ring (bicyclic) bond motifs is 15. The van der Waals surface area contributed by atoms with Crippen molar-refractivity contribution in [2.75, 3.05) is 9.80 Å². The van der Waals surface area contributed by atoms with Gasteiger partial charge in [0.15, 0.2) is 0 Å². The fraction of sp³-hybridized carbons (Fsp3) is 0.0435. The minimum Gasteiger partial charge on any atom is -0.310 e. The van der Waals surface area contributed by atoms with Crippen molar-refractivity contribution in [2.24, 2.45) is 0 Å². The first kappa shape index (κ1) is 41.1. The molecule has 12 aromatic rings. The molecule has 1 atom stereocenters. The predicted molar refractivity (Wildman–Crippen MR) is 302 cm³/mol. The van der Waals surface area contributed by atoms with E-state index in [2.05, 4.69) is 278 Å². The Kier molecular flexibility index (Phi) is 8.91. The molecule has 2 nitrogen and oxygen atoms in total. The highest BCUT2D eigenvalue weighted by Crippen LogP contribution is 2.64. The van der Waals surface area contributed by atoms with Gasteiger partial charge in [-0.25, -0.2) is 0 Å². The van der Waals surface area contributed by atoms with Crippen LogP contribution in [0.2, 0.25) is 0 Å². The Morgan fingerprint density at radius 2 is 0.861 bits per heavy atom. The monoisotopic (exact) mass is 934 g/mol. The first-order chi connectivity index (χ1) is 35.6. The standard InChI is InChI=1S/C69H46N2S/c1-68(46-19-4-2-5-20-46)58-28-11-8-23-52(58)54-41-39-49(43-62(54)68)70(48-37-35-45(36-38-48)51-26-18-27-57-56-25-10-17-34-66(56)72-67(51)57)50-40-42-55-53-24-9-12-29-59(53)69(63(55)44-50)60-30-13-15-32-64(60)71(47-21-6-3-7-22-47)65-33-16-14-31-61(65)69/h2-44H,1H3. The quantitative estimate of drug-likeness (QED) is 0.164. The third kappa shape index (κ3) is 5.65. The Balaban J connectivity index is 0.967. The molecule has 15 rings (SSSR count). The summed E-state index contributed by atoms with van der Waals surface area (Å²) in [7, 11) is 0. The van der Waals surface area contributed by atoms with Gasteiger partial charge in [-0.2, -0.15) is 0 Å². The van der Waals surface area contributed by atoms with Gasteiger partial charge in [-0.3, -0.25) is 0 Å². The van der Waals surface area contributed by atoms with E-state index in [0.717, 1.165) is 22.7 Å². The molecule has 1 unspecified atom stereocenters. The van der Waals surface area contributed by atoms with Crippen LogP contribution in [0.3, 0.4) is 0 Å². The van der Waals surface area contributed by atoms with Crippen LogP contribution in [-0.4, -0.2) is 0 Å². The van der Waals surface area contributed by atoms with Crippen molar-refractivity contribution in [3.8, 4) is 33.4 Å². The Morgan fingerprint density at radius 3 is 1.57 bits per heavy atom. The molecule has 1 aliphatic heterocycles. The second kappa shape index (κ2) is 15.6. The number of anilines is 6. The molecule has 72 heavy (non-hydrogen) atoms. The van der Waals surface area contributed by atoms with E-state index in [1.54, 1.807) is 0 Å². The highest BCUT2D eigenvalue weighted by Gasteiger charge is 2.52. The minimum absolute atomic E-state index is 0.356. The van der Waals surface area contributed by atoms with Gasteiger partial charge in [-0.15, -0.1) is 11.3 Å². The van der Waals surface area contributed by atoms with Crippen LogP contribution in [0.15, 0.2) is 261 Å². The number of rotatable bonds is 6. The van der Waals surface area contributed by atoms with Crippen LogP contribution in [0, 0.1) is 0 Å². The molecule has 338 valence electrons. The molecule has 0 saturated heterocycles. The summed E-state index contributed by atoms with van der Waals surface area (Å²) in [5.41, 5.74) is 22.6. The summed E-state index contributed by atoms with van der Waals surface area (Å²) in [6, 6.07) is 97.6. The lowest BCUT2D eigenvalue weighted by atomic mass is 9.64. The van der Waals surface area contributed by atoms with E-state index in [1.165, 1.54) is 104 Å². The highest BCUT2D eigenvalue weighted by atomic mass is 32.1. The number of benzene rings is 11. The number of para-hydroxylation sites is 3. The number of hydrogen-bond acceptors (Lipinski definition) is 3. The maximum Gasteiger partial charge on any atom is 0.0755 e. The third-order valence-corrected chi connectivity index (χ3v) is 17.4. The van der Waals surface area contributed by atoms with Crippen molar-refractivity contribution in [1.82, 2.24) is 0 Å². The van der Waals surface area contributed by atoms with Crippen LogP contribution in [0.25, 0.3) is 53.6 Å². The summed E-state index contributed by atoms with van der Waals surface area (Å²) in [5.74, 6) is 0. The van der Waals surface area contributed by atoms with Gasteiger partial charge in [0.05, 0.1) is 16.8 Å². The second-order valence-corrected chi connectivity index (χ2v) is 20.7. The van der Waals surface area contributed by atoms with E-state index >= 15 is 0 Å². The first-order valence-corrected chi connectivity index (χ1v) is 25.8. The van der Waals surface area contributed by atoms with Crippen molar-refractivity contribution in [3.05, 3.63) is 300 Å². The average molecular weight is 935 g/mol. The largest absolute Gasteiger partial charge is 0.310 e. The molecule has 0 radical (unpaired) electrons. The Bertz CT molecular complexity index is 4090. The molecular formula is C69H46N2S. The van der Waals surface area contributed by atoms with Crippen LogP contribution in [0.5, 0.6) is 0 Å². The summed E-state index contributed by atoms with van der Waals surface area (Å²) < 4.78 is 2.64. The van der Waals surface area contributed by atoms with Gasteiger partial charge < -0.3 is 9.80 Å². The SMILES string of the molecule is CC1(c2ccccc2)c2ccccc2-c2ccc(N(c3ccc(-c4cccc5c4sc4ccccc45)cc3)c3ccc4c(c3)C3(c5ccccc5-4)c4ccccc4N(c4ccccc4)c4ccccc43)cc21. The summed E-state index contributed by atoms with van der Waals surface area (Å²) in [6.07, 6.45) is 0. The molecule has 1 aromatic heterocycles. The second-order valence-electron chi connectivity index (χ2n) is 19.7. The zero-order chi connectivity index (χ0) is 47.5. The zero-order valence-corrected chi connectivity index (χ0v) is 40.4. The Hall–Kier alpha value is -8.76. The Labute approximate surface area is 424 Å². The maximum atomic E-state index is 2.52. The molecule has 0 amide bonds. The van der Waals surface area contributed by atoms with E-state index in [-0.39, 0.29) is 5.41 Å². The number of nitrogens with zero attached hydrogens (tertiary/aromatic N) is 2. The predicted octanol–water partition coefficient (Wildman–Crippen LogP) is 18.7. The van der Waals surface area contributed by atoms with Crippen molar-refractivity contribution in [3.63, 3.8) is 0 Å². The fourth-order valence-electron chi connectivity index (χ4n) is 13.0. The summed E-state index contributed by atoms with van der Waals surface area (Å²) in [4.78, 5) is 4.96. The molecule has 1 spiro atoms. The lowest BCUT2D eigenvalue weighted by Crippen LogP contribution is -2.36. The molecule has 3 heteroatoms. The summed E-state index contributed by atoms with van der Waals surface area (Å²) in [5, 5.41) is 2.63. The lowest BCUT2D eigenvalue weighted by molar-refractivity contribution is 0.714. The molecule has 0 fully saturated rings. The van der Waals surface area contributed by atoms with Crippen molar-refractivity contribution in [1.29, 1.82) is 0 Å². The zero-order valence-electron chi connectivity index (χ0n) is 39.6. The molecule has 3 aliphatic rings. The van der Waals surface area contributed by atoms with Crippen LogP contribution < -0.4 is 9.80 Å². The van der Waals surface area contributed by atoms with Gasteiger partial charge in [0.2, 0.25) is 0 Å². The Morgan fingerprint density at radius 1 is 0.361 bits per heavy atom. The van der Waals surface area contributed by atoms with Gasteiger partial charge in [-0.05, 0) is 146 Å². The molecule has 11 aromatic carbocycles. The molecule has 2 heterocycles. The van der Waals surface area contributed by atoms with Crippen LogP contribution in [0.4, 0.5) is 34.1 Å². The van der Waals surface area contributed by atoms with Gasteiger partial charge in [0, 0.05) is 48.3 Å². The van der Waals surface area contributed by atoms with Crippen LogP contribution >= 0.6 is 11.3 Å². The van der Waals surface area contributed by atoms with Crippen LogP contribution in [0.1, 0.15) is 45.9 Å². The van der Waals surface area contributed by atoms with E-state index in [4.69, 9.17) is 0 Å². The molecule has 2 aliphatic carbocycles. The first-order valence-electron chi connectivity index (χ1n) is 25.0. The highest BCUT2D eigenvalue weighted by molar-refractivity contribution is 7.26. The van der Waals surface area contributed by atoms with Gasteiger partial charge in [0.1, 0.15) is 0 Å². The van der Waals surface area contributed by atoms with Crippen molar-refractivity contribution < 1.29 is 0 Å². The van der Waals surface area contributed by atoms with E-state index in [1.807, 2.05) is 11.3 Å². The normalized spacial score (nSPS) is 15.4. The molecule has 0 N–H and O–H groups in total. The summed E-state index contributed by atoms with van der Waals surface area (Å²) >= 11 is 1.88. The fourth-order valence-corrected chi connectivity index (χ4v) is 14.2. The number of hydrogen-bond donors (Lipinski definition) is 0. The average Bonchev–Trinajstić information content (AvgIpc) is 4.06.